The maximum Gasteiger partial charge on any atom is 0.183 e. The first-order chi connectivity index (χ1) is 8.99. The van der Waals surface area contributed by atoms with Crippen LogP contribution in [0, 0.1) is 5.82 Å². The first kappa shape index (κ1) is 15.4. The van der Waals surface area contributed by atoms with E-state index in [0.29, 0.717) is 5.56 Å². The van der Waals surface area contributed by atoms with Gasteiger partial charge in [-0.3, -0.25) is 0 Å². The second-order valence-electron chi connectivity index (χ2n) is 4.27. The highest BCUT2D eigenvalue weighted by molar-refractivity contribution is 5.55. The maximum absolute atomic E-state index is 13.3. The summed E-state index contributed by atoms with van der Waals surface area (Å²) in [6.45, 7) is 7.68. The van der Waals surface area contributed by atoms with E-state index in [1.54, 1.807) is 12.1 Å². The summed E-state index contributed by atoms with van der Waals surface area (Å²) in [6, 6.07) is 4.48. The SMILES string of the molecule is C=C(C)C(C)=C=Cc1ccc(F)cc1C(OC)OC. The van der Waals surface area contributed by atoms with Crippen molar-refractivity contribution in [2.75, 3.05) is 14.2 Å². The Kier molecular flexibility index (Phi) is 5.71. The highest BCUT2D eigenvalue weighted by Crippen LogP contribution is 2.24. The van der Waals surface area contributed by atoms with E-state index in [1.165, 1.54) is 26.4 Å². The lowest BCUT2D eigenvalue weighted by molar-refractivity contribution is -0.106. The topological polar surface area (TPSA) is 18.5 Å². The lowest BCUT2D eigenvalue weighted by Gasteiger charge is -2.16. The minimum atomic E-state index is -0.603. The smallest absolute Gasteiger partial charge is 0.183 e. The van der Waals surface area contributed by atoms with E-state index in [0.717, 1.165) is 16.7 Å². The summed E-state index contributed by atoms with van der Waals surface area (Å²) in [4.78, 5) is 0. The Morgan fingerprint density at radius 1 is 1.32 bits per heavy atom. The highest BCUT2D eigenvalue weighted by Gasteiger charge is 2.13. The third-order valence-electron chi connectivity index (χ3n) is 2.82. The van der Waals surface area contributed by atoms with Gasteiger partial charge in [-0.2, -0.15) is 0 Å². The molecule has 1 rings (SSSR count). The molecule has 0 saturated carbocycles. The molecule has 0 atom stereocenters. The van der Waals surface area contributed by atoms with Gasteiger partial charge in [0.2, 0.25) is 0 Å². The third kappa shape index (κ3) is 4.18. The van der Waals surface area contributed by atoms with Crippen LogP contribution in [0.1, 0.15) is 31.3 Å². The van der Waals surface area contributed by atoms with Crippen LogP contribution in [0.15, 0.2) is 41.7 Å². The molecule has 0 aliphatic carbocycles. The lowest BCUT2D eigenvalue weighted by Crippen LogP contribution is -2.06. The van der Waals surface area contributed by atoms with E-state index in [1.807, 2.05) is 13.8 Å². The van der Waals surface area contributed by atoms with Gasteiger partial charge in [-0.1, -0.05) is 12.6 Å². The largest absolute Gasteiger partial charge is 0.352 e. The predicted molar refractivity (Wildman–Crippen MR) is 75.1 cm³/mol. The molecule has 0 radical (unpaired) electrons. The van der Waals surface area contributed by atoms with Gasteiger partial charge in [0.1, 0.15) is 5.82 Å². The fourth-order valence-corrected chi connectivity index (χ4v) is 1.54. The van der Waals surface area contributed by atoms with E-state index in [4.69, 9.17) is 9.47 Å². The van der Waals surface area contributed by atoms with Crippen LogP contribution in [-0.2, 0) is 9.47 Å². The molecule has 0 aliphatic rings. The molecule has 102 valence electrons. The quantitative estimate of drug-likeness (QED) is 0.448. The average Bonchev–Trinajstić information content (AvgIpc) is 2.38. The number of benzene rings is 1. The Labute approximate surface area is 113 Å². The van der Waals surface area contributed by atoms with Crippen molar-refractivity contribution in [2.24, 2.45) is 0 Å². The summed E-state index contributed by atoms with van der Waals surface area (Å²) in [7, 11) is 3.03. The van der Waals surface area contributed by atoms with Crippen molar-refractivity contribution in [2.45, 2.75) is 20.1 Å². The molecule has 0 spiro atoms. The van der Waals surface area contributed by atoms with Gasteiger partial charge in [0.05, 0.1) is 0 Å². The zero-order valence-electron chi connectivity index (χ0n) is 11.8. The number of methoxy groups -OCH3 is 2. The minimum absolute atomic E-state index is 0.327. The number of allylic oxidation sites excluding steroid dienone is 2. The summed E-state index contributed by atoms with van der Waals surface area (Å²) in [5.41, 5.74) is 6.44. The third-order valence-corrected chi connectivity index (χ3v) is 2.82. The number of hydrogen-bond donors (Lipinski definition) is 0. The number of hydrogen-bond acceptors (Lipinski definition) is 2. The summed E-state index contributed by atoms with van der Waals surface area (Å²) in [5, 5.41) is 0. The van der Waals surface area contributed by atoms with Crippen molar-refractivity contribution in [3.8, 4) is 0 Å². The van der Waals surface area contributed by atoms with E-state index < -0.39 is 6.29 Å². The van der Waals surface area contributed by atoms with Crippen LogP contribution in [-0.4, -0.2) is 14.2 Å². The van der Waals surface area contributed by atoms with Crippen LogP contribution in [0.2, 0.25) is 0 Å². The van der Waals surface area contributed by atoms with Gasteiger partial charge in [-0.05, 0) is 48.8 Å². The average molecular weight is 262 g/mol. The molecule has 0 amide bonds. The van der Waals surface area contributed by atoms with Gasteiger partial charge in [0.25, 0.3) is 0 Å². The van der Waals surface area contributed by atoms with Gasteiger partial charge in [0, 0.05) is 19.8 Å². The molecule has 19 heavy (non-hydrogen) atoms. The molecule has 3 heteroatoms. The predicted octanol–water partition coefficient (Wildman–Crippen LogP) is 4.25. The summed E-state index contributed by atoms with van der Waals surface area (Å²) >= 11 is 0. The first-order valence-electron chi connectivity index (χ1n) is 5.93. The summed E-state index contributed by atoms with van der Waals surface area (Å²) in [5.74, 6) is -0.327. The van der Waals surface area contributed by atoms with Crippen LogP contribution in [0.25, 0.3) is 6.08 Å². The Hall–Kier alpha value is -1.67. The molecule has 0 aliphatic heterocycles. The van der Waals surface area contributed by atoms with Crippen molar-refractivity contribution in [3.05, 3.63) is 58.6 Å². The number of halogens is 1. The number of ether oxygens (including phenoxy) is 2. The molecule has 0 fully saturated rings. The monoisotopic (exact) mass is 262 g/mol. The molecule has 0 N–H and O–H groups in total. The fraction of sp³-hybridized carbons (Fsp3) is 0.312. The van der Waals surface area contributed by atoms with Gasteiger partial charge < -0.3 is 9.47 Å². The van der Waals surface area contributed by atoms with Crippen LogP contribution in [0.4, 0.5) is 4.39 Å². The van der Waals surface area contributed by atoms with Crippen LogP contribution >= 0.6 is 0 Å². The van der Waals surface area contributed by atoms with Crippen molar-refractivity contribution in [1.29, 1.82) is 0 Å². The maximum atomic E-state index is 13.3. The van der Waals surface area contributed by atoms with Crippen molar-refractivity contribution >= 4 is 6.08 Å². The summed E-state index contributed by atoms with van der Waals surface area (Å²) < 4.78 is 23.7. The van der Waals surface area contributed by atoms with Crippen molar-refractivity contribution < 1.29 is 13.9 Å². The molecular weight excluding hydrogens is 243 g/mol. The normalized spacial score (nSPS) is 10.2. The lowest BCUT2D eigenvalue weighted by atomic mass is 10.1. The minimum Gasteiger partial charge on any atom is -0.352 e. The Balaban J connectivity index is 3.28. The molecule has 0 bridgehead atoms. The molecule has 1 aromatic rings. The fourth-order valence-electron chi connectivity index (χ4n) is 1.54. The van der Waals surface area contributed by atoms with E-state index in [9.17, 15) is 4.39 Å². The van der Waals surface area contributed by atoms with Crippen LogP contribution in [0.3, 0.4) is 0 Å². The van der Waals surface area contributed by atoms with E-state index >= 15 is 0 Å². The molecule has 2 nitrogen and oxygen atoms in total. The standard InChI is InChI=1S/C16H19FO2/c1-11(2)12(3)6-7-13-8-9-14(17)10-15(13)16(18-4)19-5/h7-10,16H,1H2,2-5H3. The zero-order valence-corrected chi connectivity index (χ0v) is 11.8. The molecule has 1 aromatic carbocycles. The molecular formula is C16H19FO2. The second-order valence-corrected chi connectivity index (χ2v) is 4.27. The van der Waals surface area contributed by atoms with E-state index in [-0.39, 0.29) is 5.82 Å². The zero-order chi connectivity index (χ0) is 14.4. The Morgan fingerprint density at radius 2 is 1.95 bits per heavy atom. The van der Waals surface area contributed by atoms with Gasteiger partial charge in [-0.15, -0.1) is 5.73 Å². The number of rotatable bonds is 5. The van der Waals surface area contributed by atoms with Gasteiger partial charge in [-0.25, -0.2) is 4.39 Å². The van der Waals surface area contributed by atoms with Crippen molar-refractivity contribution in [3.63, 3.8) is 0 Å². The molecule has 0 saturated heterocycles. The molecule has 0 aromatic heterocycles. The molecule has 0 unspecified atom stereocenters. The van der Waals surface area contributed by atoms with Crippen LogP contribution < -0.4 is 0 Å². The van der Waals surface area contributed by atoms with Gasteiger partial charge >= 0.3 is 0 Å². The van der Waals surface area contributed by atoms with Crippen molar-refractivity contribution in [1.82, 2.24) is 0 Å². The highest BCUT2D eigenvalue weighted by atomic mass is 19.1. The summed E-state index contributed by atoms with van der Waals surface area (Å²) in [6.07, 6.45) is 1.18. The Morgan fingerprint density at radius 3 is 2.47 bits per heavy atom. The first-order valence-corrected chi connectivity index (χ1v) is 5.93. The molecule has 0 heterocycles. The second kappa shape index (κ2) is 7.05. The van der Waals surface area contributed by atoms with Gasteiger partial charge in [0.15, 0.2) is 6.29 Å². The van der Waals surface area contributed by atoms with E-state index in [2.05, 4.69) is 12.3 Å². The Bertz CT molecular complexity index is 522. The van der Waals surface area contributed by atoms with Crippen LogP contribution in [0.5, 0.6) is 0 Å².